The highest BCUT2D eigenvalue weighted by Gasteiger charge is 2.28. The van der Waals surface area contributed by atoms with Gasteiger partial charge in [-0.05, 0) is 37.1 Å². The smallest absolute Gasteiger partial charge is 0.267 e. The second-order valence-corrected chi connectivity index (χ2v) is 4.83. The zero-order valence-corrected chi connectivity index (χ0v) is 9.81. The normalized spacial score (nSPS) is 22.7. The number of benzene rings is 1. The fourth-order valence-electron chi connectivity index (χ4n) is 2.24. The fourth-order valence-corrected chi connectivity index (χ4v) is 2.24. The molecule has 1 aliphatic rings. The first-order valence-electron chi connectivity index (χ1n) is 5.99. The van der Waals surface area contributed by atoms with Crippen LogP contribution < -0.4 is 11.1 Å². The molecule has 5 heteroatoms. The van der Waals surface area contributed by atoms with Gasteiger partial charge in [0.2, 0.25) is 0 Å². The summed E-state index contributed by atoms with van der Waals surface area (Å²) in [5.41, 5.74) is 7.79. The molecule has 0 unspecified atom stereocenters. The van der Waals surface area contributed by atoms with Gasteiger partial charge in [-0.2, -0.15) is 0 Å². The van der Waals surface area contributed by atoms with Gasteiger partial charge in [0.25, 0.3) is 5.91 Å². The number of aromatic nitrogens is 1. The maximum Gasteiger partial charge on any atom is 0.267 e. The van der Waals surface area contributed by atoms with E-state index >= 15 is 0 Å². The molecule has 1 saturated carbocycles. The Morgan fingerprint density at radius 3 is 2.89 bits per heavy atom. The van der Waals surface area contributed by atoms with Gasteiger partial charge < -0.3 is 21.1 Å². The van der Waals surface area contributed by atoms with Gasteiger partial charge in [0.05, 0.1) is 6.10 Å². The average Bonchev–Trinajstić information content (AvgIpc) is 2.69. The molecule has 1 aromatic heterocycles. The van der Waals surface area contributed by atoms with Gasteiger partial charge in [-0.25, -0.2) is 0 Å². The summed E-state index contributed by atoms with van der Waals surface area (Å²) in [6, 6.07) is 7.35. The number of aliphatic hydroxyl groups excluding tert-OH is 1. The van der Waals surface area contributed by atoms with Crippen molar-refractivity contribution >= 4 is 22.5 Å². The number of aliphatic hydroxyl groups is 1. The largest absolute Gasteiger partial charge is 0.399 e. The van der Waals surface area contributed by atoms with E-state index in [1.54, 1.807) is 12.1 Å². The highest BCUT2D eigenvalue weighted by Crippen LogP contribution is 2.21. The second-order valence-electron chi connectivity index (χ2n) is 4.83. The Bertz CT molecular complexity index is 599. The van der Waals surface area contributed by atoms with Crippen molar-refractivity contribution in [2.75, 3.05) is 5.73 Å². The van der Waals surface area contributed by atoms with Crippen LogP contribution in [-0.4, -0.2) is 28.1 Å². The predicted octanol–water partition coefficient (Wildman–Crippen LogP) is 1.00. The number of carbonyl (C=O) groups excluding carboxylic acids is 1. The number of carbonyl (C=O) groups is 1. The summed E-state index contributed by atoms with van der Waals surface area (Å²) in [6.07, 6.45) is 1.01. The zero-order valence-electron chi connectivity index (χ0n) is 9.81. The lowest BCUT2D eigenvalue weighted by molar-refractivity contribution is 0.0561. The molecule has 0 spiro atoms. The van der Waals surface area contributed by atoms with E-state index in [4.69, 9.17) is 5.73 Å². The molecule has 0 aliphatic heterocycles. The van der Waals surface area contributed by atoms with E-state index in [9.17, 15) is 9.90 Å². The molecule has 1 heterocycles. The Morgan fingerprint density at radius 2 is 2.17 bits per heavy atom. The van der Waals surface area contributed by atoms with E-state index in [1.165, 1.54) is 0 Å². The Labute approximate surface area is 104 Å². The first-order valence-corrected chi connectivity index (χ1v) is 5.99. The Balaban J connectivity index is 1.79. The molecule has 1 aromatic carbocycles. The molecule has 0 saturated heterocycles. The van der Waals surface area contributed by atoms with Gasteiger partial charge in [-0.3, -0.25) is 4.79 Å². The van der Waals surface area contributed by atoms with Crippen molar-refractivity contribution in [1.29, 1.82) is 0 Å². The number of nitrogens with one attached hydrogen (secondary N) is 2. The molecule has 5 N–H and O–H groups in total. The summed E-state index contributed by atoms with van der Waals surface area (Å²) in [4.78, 5) is 15.0. The number of rotatable bonds is 2. The van der Waals surface area contributed by atoms with Crippen LogP contribution in [0, 0.1) is 0 Å². The highest BCUT2D eigenvalue weighted by molar-refractivity contribution is 5.98. The van der Waals surface area contributed by atoms with Crippen LogP contribution in [0.4, 0.5) is 5.69 Å². The van der Waals surface area contributed by atoms with Crippen LogP contribution in [0.2, 0.25) is 0 Å². The molecule has 5 nitrogen and oxygen atoms in total. The number of aromatic amines is 1. The molecule has 94 valence electrons. The maximum absolute atomic E-state index is 12.0. The number of hydrogen-bond acceptors (Lipinski definition) is 3. The number of nitrogens with two attached hydrogens (primary N) is 1. The monoisotopic (exact) mass is 245 g/mol. The van der Waals surface area contributed by atoms with Gasteiger partial charge in [-0.1, -0.05) is 0 Å². The molecule has 0 atom stereocenters. The topological polar surface area (TPSA) is 91.1 Å². The van der Waals surface area contributed by atoms with E-state index in [0.717, 1.165) is 10.9 Å². The third kappa shape index (κ3) is 1.93. The third-order valence-corrected chi connectivity index (χ3v) is 3.34. The van der Waals surface area contributed by atoms with Gasteiger partial charge in [0, 0.05) is 22.6 Å². The van der Waals surface area contributed by atoms with Crippen LogP contribution in [0.3, 0.4) is 0 Å². The van der Waals surface area contributed by atoms with Crippen molar-refractivity contribution in [3.8, 4) is 0 Å². The lowest BCUT2D eigenvalue weighted by Gasteiger charge is -2.31. The summed E-state index contributed by atoms with van der Waals surface area (Å²) in [5.74, 6) is -0.137. The van der Waals surface area contributed by atoms with Crippen molar-refractivity contribution in [3.63, 3.8) is 0 Å². The number of fused-ring (bicyclic) bond motifs is 1. The van der Waals surface area contributed by atoms with E-state index in [0.29, 0.717) is 24.2 Å². The minimum atomic E-state index is -0.266. The lowest BCUT2D eigenvalue weighted by atomic mass is 9.89. The average molecular weight is 245 g/mol. The van der Waals surface area contributed by atoms with E-state index in [1.807, 2.05) is 12.1 Å². The van der Waals surface area contributed by atoms with Gasteiger partial charge >= 0.3 is 0 Å². The third-order valence-electron chi connectivity index (χ3n) is 3.34. The molecule has 2 aromatic rings. The van der Waals surface area contributed by atoms with E-state index < -0.39 is 0 Å². The van der Waals surface area contributed by atoms with Crippen molar-refractivity contribution < 1.29 is 9.90 Å². The predicted molar refractivity (Wildman–Crippen MR) is 69.2 cm³/mol. The molecule has 1 amide bonds. The molecule has 18 heavy (non-hydrogen) atoms. The highest BCUT2D eigenvalue weighted by atomic mass is 16.3. The molecule has 1 fully saturated rings. The number of amides is 1. The van der Waals surface area contributed by atoms with E-state index in [2.05, 4.69) is 10.3 Å². The van der Waals surface area contributed by atoms with Gasteiger partial charge in [0.15, 0.2) is 0 Å². The zero-order chi connectivity index (χ0) is 12.7. The standard InChI is InChI=1S/C13H15N3O2/c14-8-1-2-11-7(3-8)4-12(16-11)13(18)15-9-5-10(17)6-9/h1-4,9-10,16-17H,5-6,14H2,(H,15,18). The molecule has 1 aliphatic carbocycles. The van der Waals surface area contributed by atoms with Crippen molar-refractivity contribution in [1.82, 2.24) is 10.3 Å². The SMILES string of the molecule is Nc1ccc2[nH]c(C(=O)NC3CC(O)C3)cc2c1. The minimum Gasteiger partial charge on any atom is -0.399 e. The lowest BCUT2D eigenvalue weighted by Crippen LogP contribution is -2.46. The Morgan fingerprint density at radius 1 is 1.39 bits per heavy atom. The van der Waals surface area contributed by atoms with Gasteiger partial charge in [0.1, 0.15) is 5.69 Å². The van der Waals surface area contributed by atoms with Crippen LogP contribution in [0.1, 0.15) is 23.3 Å². The molecule has 0 radical (unpaired) electrons. The molecular weight excluding hydrogens is 230 g/mol. The van der Waals surface area contributed by atoms with Crippen LogP contribution in [0.5, 0.6) is 0 Å². The number of nitrogen functional groups attached to an aromatic ring is 1. The maximum atomic E-state index is 12.0. The summed E-state index contributed by atoms with van der Waals surface area (Å²) >= 11 is 0. The van der Waals surface area contributed by atoms with Crippen LogP contribution in [0.25, 0.3) is 10.9 Å². The molecule has 0 bridgehead atoms. The van der Waals surface area contributed by atoms with Crippen molar-refractivity contribution in [2.45, 2.75) is 25.0 Å². The van der Waals surface area contributed by atoms with Crippen LogP contribution in [0.15, 0.2) is 24.3 Å². The summed E-state index contributed by atoms with van der Waals surface area (Å²) in [5, 5.41) is 13.0. The molecule has 3 rings (SSSR count). The summed E-state index contributed by atoms with van der Waals surface area (Å²) in [6.45, 7) is 0. The van der Waals surface area contributed by atoms with Gasteiger partial charge in [-0.15, -0.1) is 0 Å². The summed E-state index contributed by atoms with van der Waals surface area (Å²) in [7, 11) is 0. The Kier molecular flexibility index (Phi) is 2.48. The second kappa shape index (κ2) is 4.03. The first-order chi connectivity index (χ1) is 8.61. The van der Waals surface area contributed by atoms with Crippen molar-refractivity contribution in [2.24, 2.45) is 0 Å². The van der Waals surface area contributed by atoms with E-state index in [-0.39, 0.29) is 18.1 Å². The van der Waals surface area contributed by atoms with Crippen molar-refractivity contribution in [3.05, 3.63) is 30.0 Å². The quantitative estimate of drug-likeness (QED) is 0.595. The van der Waals surface area contributed by atoms with Crippen LogP contribution >= 0.6 is 0 Å². The number of hydrogen-bond donors (Lipinski definition) is 4. The number of anilines is 1. The minimum absolute atomic E-state index is 0.0870. The van der Waals surface area contributed by atoms with Crippen LogP contribution in [-0.2, 0) is 0 Å². The first kappa shape index (κ1) is 11.1. The number of H-pyrrole nitrogens is 1. The fraction of sp³-hybridized carbons (Fsp3) is 0.308. The Hall–Kier alpha value is -2.01. The molecular formula is C13H15N3O2. The summed E-state index contributed by atoms with van der Waals surface area (Å²) < 4.78 is 0.